The van der Waals surface area contributed by atoms with Crippen LogP contribution in [0.25, 0.3) is 0 Å². The van der Waals surface area contributed by atoms with Crippen molar-refractivity contribution in [2.75, 3.05) is 32.7 Å². The lowest BCUT2D eigenvalue weighted by molar-refractivity contribution is 0.259. The Balaban J connectivity index is 1.35. The molecule has 0 amide bonds. The van der Waals surface area contributed by atoms with Gasteiger partial charge in [0.15, 0.2) is 5.96 Å². The van der Waals surface area contributed by atoms with Gasteiger partial charge in [-0.1, -0.05) is 40.2 Å². The molecule has 2 heterocycles. The van der Waals surface area contributed by atoms with Gasteiger partial charge in [0.05, 0.1) is 0 Å². The molecule has 0 aromatic heterocycles. The first-order valence-electron chi connectivity index (χ1n) is 9.45. The van der Waals surface area contributed by atoms with Gasteiger partial charge in [0.25, 0.3) is 0 Å². The maximum Gasteiger partial charge on any atom is 0.194 e. The third-order valence-corrected chi connectivity index (χ3v) is 6.07. The largest absolute Gasteiger partial charge is 0.353 e. The number of aliphatic imine (C=N–C) groups is 1. The van der Waals surface area contributed by atoms with Crippen molar-refractivity contribution in [1.29, 1.82) is 0 Å². The minimum Gasteiger partial charge on any atom is -0.353 e. The molecule has 1 saturated carbocycles. The second kappa shape index (κ2) is 7.50. The van der Waals surface area contributed by atoms with Crippen LogP contribution in [0.5, 0.6) is 0 Å². The highest BCUT2D eigenvalue weighted by atomic mass is 79.9. The molecule has 1 aliphatic carbocycles. The number of halogens is 1. The lowest BCUT2D eigenvalue weighted by atomic mass is 10.1. The number of nitrogens with one attached hydrogen (secondary N) is 1. The molecule has 3 atom stereocenters. The summed E-state index contributed by atoms with van der Waals surface area (Å²) in [6.07, 6.45) is 7.02. The fourth-order valence-electron chi connectivity index (χ4n) is 4.01. The van der Waals surface area contributed by atoms with Crippen molar-refractivity contribution >= 4 is 21.9 Å². The summed E-state index contributed by atoms with van der Waals surface area (Å²) in [5.74, 6) is 1.73. The SMILES string of the molecule is CCN=C(NC1CC1c1ccc(Br)cc1)N1CCC(N2CC=CC2)C1. The van der Waals surface area contributed by atoms with E-state index in [0.29, 0.717) is 18.0 Å². The number of guanidine groups is 1. The second-order valence-electron chi connectivity index (χ2n) is 7.26. The van der Waals surface area contributed by atoms with Crippen molar-refractivity contribution in [3.63, 3.8) is 0 Å². The van der Waals surface area contributed by atoms with E-state index >= 15 is 0 Å². The van der Waals surface area contributed by atoms with E-state index in [4.69, 9.17) is 4.99 Å². The van der Waals surface area contributed by atoms with Gasteiger partial charge in [-0.05, 0) is 37.5 Å². The molecule has 2 fully saturated rings. The lowest BCUT2D eigenvalue weighted by Gasteiger charge is -2.25. The Morgan fingerprint density at radius 2 is 2.00 bits per heavy atom. The van der Waals surface area contributed by atoms with E-state index in [0.717, 1.165) is 43.2 Å². The second-order valence-corrected chi connectivity index (χ2v) is 8.17. The molecule has 4 rings (SSSR count). The van der Waals surface area contributed by atoms with E-state index in [1.165, 1.54) is 18.4 Å². The average molecular weight is 403 g/mol. The van der Waals surface area contributed by atoms with Crippen LogP contribution in [0.2, 0.25) is 0 Å². The van der Waals surface area contributed by atoms with Gasteiger partial charge in [-0.3, -0.25) is 9.89 Å². The summed E-state index contributed by atoms with van der Waals surface area (Å²) in [5, 5.41) is 3.74. The summed E-state index contributed by atoms with van der Waals surface area (Å²) >= 11 is 3.52. The van der Waals surface area contributed by atoms with Gasteiger partial charge < -0.3 is 10.2 Å². The first-order valence-corrected chi connectivity index (χ1v) is 10.2. The van der Waals surface area contributed by atoms with Crippen LogP contribution in [0.15, 0.2) is 45.9 Å². The highest BCUT2D eigenvalue weighted by Crippen LogP contribution is 2.41. The number of rotatable bonds is 4. The molecule has 1 saturated heterocycles. The van der Waals surface area contributed by atoms with Crippen LogP contribution in [0.3, 0.4) is 0 Å². The van der Waals surface area contributed by atoms with Crippen LogP contribution >= 0.6 is 15.9 Å². The molecule has 0 spiro atoms. The molecule has 25 heavy (non-hydrogen) atoms. The van der Waals surface area contributed by atoms with Crippen LogP contribution in [0, 0.1) is 0 Å². The zero-order chi connectivity index (χ0) is 17.2. The molecule has 4 nitrogen and oxygen atoms in total. The Morgan fingerprint density at radius 1 is 1.24 bits per heavy atom. The summed E-state index contributed by atoms with van der Waals surface area (Å²) in [7, 11) is 0. The molecule has 1 aromatic rings. The Kier molecular flexibility index (Phi) is 5.13. The monoisotopic (exact) mass is 402 g/mol. The van der Waals surface area contributed by atoms with Crippen LogP contribution in [-0.2, 0) is 0 Å². The van der Waals surface area contributed by atoms with Gasteiger partial charge in [-0.15, -0.1) is 0 Å². The van der Waals surface area contributed by atoms with Gasteiger partial charge >= 0.3 is 0 Å². The summed E-state index contributed by atoms with van der Waals surface area (Å²) in [5.41, 5.74) is 1.43. The van der Waals surface area contributed by atoms with Gasteiger partial charge in [0.2, 0.25) is 0 Å². The van der Waals surface area contributed by atoms with E-state index in [2.05, 4.69) is 74.4 Å². The van der Waals surface area contributed by atoms with Crippen molar-refractivity contribution in [1.82, 2.24) is 15.1 Å². The number of likely N-dealkylation sites (tertiary alicyclic amines) is 1. The van der Waals surface area contributed by atoms with Crippen LogP contribution in [0.1, 0.15) is 31.2 Å². The molecule has 3 unspecified atom stereocenters. The molecule has 3 aliphatic rings. The Bertz CT molecular complexity index is 646. The molecule has 0 bridgehead atoms. The van der Waals surface area contributed by atoms with E-state index in [-0.39, 0.29) is 0 Å². The maximum atomic E-state index is 4.78. The van der Waals surface area contributed by atoms with Gasteiger partial charge in [-0.25, -0.2) is 0 Å². The van der Waals surface area contributed by atoms with Crippen molar-refractivity contribution < 1.29 is 0 Å². The summed E-state index contributed by atoms with van der Waals surface area (Å²) in [6, 6.07) is 9.94. The fourth-order valence-corrected chi connectivity index (χ4v) is 4.27. The molecular weight excluding hydrogens is 376 g/mol. The summed E-state index contributed by atoms with van der Waals surface area (Å²) in [6.45, 7) is 7.40. The third-order valence-electron chi connectivity index (χ3n) is 5.54. The summed E-state index contributed by atoms with van der Waals surface area (Å²) < 4.78 is 1.15. The molecule has 134 valence electrons. The van der Waals surface area contributed by atoms with Gasteiger partial charge in [0.1, 0.15) is 0 Å². The quantitative estimate of drug-likeness (QED) is 0.476. The first-order chi connectivity index (χ1) is 12.2. The van der Waals surface area contributed by atoms with Crippen LogP contribution in [0.4, 0.5) is 0 Å². The Hall–Kier alpha value is -1.33. The lowest BCUT2D eigenvalue weighted by Crippen LogP contribution is -2.44. The minimum absolute atomic E-state index is 0.527. The van der Waals surface area contributed by atoms with Crippen LogP contribution in [-0.4, -0.2) is 60.6 Å². The molecule has 2 aliphatic heterocycles. The maximum absolute atomic E-state index is 4.78. The first kappa shape index (κ1) is 17.1. The Morgan fingerprint density at radius 3 is 2.72 bits per heavy atom. The van der Waals surface area contributed by atoms with Crippen molar-refractivity contribution in [2.24, 2.45) is 4.99 Å². The van der Waals surface area contributed by atoms with E-state index < -0.39 is 0 Å². The highest BCUT2D eigenvalue weighted by molar-refractivity contribution is 9.10. The number of hydrogen-bond acceptors (Lipinski definition) is 2. The number of nitrogens with zero attached hydrogens (tertiary/aromatic N) is 3. The smallest absolute Gasteiger partial charge is 0.194 e. The highest BCUT2D eigenvalue weighted by Gasteiger charge is 2.40. The fraction of sp³-hybridized carbons (Fsp3) is 0.550. The normalized spacial score (nSPS) is 29.4. The average Bonchev–Trinajstić information content (AvgIpc) is 3.05. The third kappa shape index (κ3) is 3.93. The number of benzene rings is 1. The van der Waals surface area contributed by atoms with Gasteiger partial charge in [-0.2, -0.15) is 0 Å². The molecule has 0 radical (unpaired) electrons. The van der Waals surface area contributed by atoms with Crippen molar-refractivity contribution in [3.8, 4) is 0 Å². The van der Waals surface area contributed by atoms with Crippen LogP contribution < -0.4 is 5.32 Å². The number of hydrogen-bond donors (Lipinski definition) is 1. The predicted molar refractivity (Wildman–Crippen MR) is 107 cm³/mol. The molecule has 5 heteroatoms. The van der Waals surface area contributed by atoms with E-state index in [1.54, 1.807) is 0 Å². The van der Waals surface area contributed by atoms with Crippen molar-refractivity contribution in [2.45, 2.75) is 37.8 Å². The zero-order valence-electron chi connectivity index (χ0n) is 14.9. The zero-order valence-corrected chi connectivity index (χ0v) is 16.5. The topological polar surface area (TPSA) is 30.9 Å². The summed E-state index contributed by atoms with van der Waals surface area (Å²) in [4.78, 5) is 9.82. The predicted octanol–water partition coefficient (Wildman–Crippen LogP) is 3.22. The van der Waals surface area contributed by atoms with Crippen molar-refractivity contribution in [3.05, 3.63) is 46.5 Å². The standard InChI is InChI=1S/C20H27BrN4/c1-2-22-20(25-12-9-17(14-25)24-10-3-4-11-24)23-19-13-18(19)15-5-7-16(21)8-6-15/h3-8,17-19H,2,9-14H2,1H3,(H,22,23). The Labute approximate surface area is 159 Å². The van der Waals surface area contributed by atoms with E-state index in [1.807, 2.05) is 0 Å². The molecular formula is C20H27BrN4. The molecule has 1 N–H and O–H groups in total. The minimum atomic E-state index is 0.527. The van der Waals surface area contributed by atoms with Gasteiger partial charge in [0, 0.05) is 55.2 Å². The van der Waals surface area contributed by atoms with E-state index in [9.17, 15) is 0 Å². The molecule has 1 aromatic carbocycles.